The smallest absolute Gasteiger partial charge is 0.246 e. The molecule has 19 heavy (non-hydrogen) atoms. The lowest BCUT2D eigenvalue weighted by molar-refractivity contribution is -0.116. The van der Waals surface area contributed by atoms with Crippen molar-refractivity contribution in [2.75, 3.05) is 11.1 Å². The zero-order valence-corrected chi connectivity index (χ0v) is 10.00. The van der Waals surface area contributed by atoms with Crippen molar-refractivity contribution in [1.29, 1.82) is 0 Å². The summed E-state index contributed by atoms with van der Waals surface area (Å²) in [6.45, 7) is 0.0731. The standard InChI is InChI=1S/C12H12N6O/c13-11-6-18(17-16-11)7-12(19)15-10-5-14-9-4-2-1-3-8(9)10/h1-6,14H,7,13H2,(H,15,19). The van der Waals surface area contributed by atoms with Crippen LogP contribution in [0.1, 0.15) is 0 Å². The minimum absolute atomic E-state index is 0.0731. The number of nitrogens with zero attached hydrogens (tertiary/aromatic N) is 3. The number of hydrogen-bond acceptors (Lipinski definition) is 4. The SMILES string of the molecule is Nc1cn(CC(=O)Nc2c[nH]c3ccccc23)nn1. The number of fused-ring (bicyclic) bond motifs is 1. The van der Waals surface area contributed by atoms with Crippen molar-refractivity contribution < 1.29 is 4.79 Å². The summed E-state index contributed by atoms with van der Waals surface area (Å²) >= 11 is 0. The minimum Gasteiger partial charge on any atom is -0.381 e. The number of amides is 1. The molecule has 2 aromatic heterocycles. The summed E-state index contributed by atoms with van der Waals surface area (Å²) in [6, 6.07) is 7.74. The number of carbonyl (C=O) groups excluding carboxylic acids is 1. The third kappa shape index (κ3) is 2.25. The van der Waals surface area contributed by atoms with Crippen LogP contribution in [-0.4, -0.2) is 25.9 Å². The maximum atomic E-state index is 11.9. The third-order valence-electron chi connectivity index (χ3n) is 2.73. The first-order chi connectivity index (χ1) is 9.22. The average Bonchev–Trinajstić information content (AvgIpc) is 2.97. The second-order valence-corrected chi connectivity index (χ2v) is 4.14. The lowest BCUT2D eigenvalue weighted by Crippen LogP contribution is -2.18. The van der Waals surface area contributed by atoms with Crippen molar-refractivity contribution in [3.05, 3.63) is 36.7 Å². The molecule has 0 saturated heterocycles. The summed E-state index contributed by atoms with van der Waals surface area (Å²) in [4.78, 5) is 15.0. The molecule has 1 amide bonds. The number of carbonyl (C=O) groups is 1. The van der Waals surface area contributed by atoms with Crippen molar-refractivity contribution in [3.8, 4) is 0 Å². The van der Waals surface area contributed by atoms with Crippen molar-refractivity contribution >= 4 is 28.3 Å². The van der Waals surface area contributed by atoms with Gasteiger partial charge in [0.2, 0.25) is 5.91 Å². The normalized spacial score (nSPS) is 10.7. The summed E-state index contributed by atoms with van der Waals surface area (Å²) in [5.74, 6) is 0.106. The first-order valence-electron chi connectivity index (χ1n) is 5.74. The molecule has 0 aliphatic heterocycles. The second kappa shape index (κ2) is 4.45. The van der Waals surface area contributed by atoms with Crippen LogP contribution in [0.5, 0.6) is 0 Å². The van der Waals surface area contributed by atoms with E-state index in [4.69, 9.17) is 5.73 Å². The van der Waals surface area contributed by atoms with Crippen molar-refractivity contribution in [3.63, 3.8) is 0 Å². The van der Waals surface area contributed by atoms with E-state index < -0.39 is 0 Å². The summed E-state index contributed by atoms with van der Waals surface area (Å²) in [5.41, 5.74) is 7.15. The summed E-state index contributed by atoms with van der Waals surface area (Å²) in [7, 11) is 0. The summed E-state index contributed by atoms with van der Waals surface area (Å²) < 4.78 is 1.39. The first kappa shape index (κ1) is 11.3. The molecular weight excluding hydrogens is 244 g/mol. The molecule has 4 N–H and O–H groups in total. The van der Waals surface area contributed by atoms with Gasteiger partial charge < -0.3 is 16.0 Å². The Morgan fingerprint density at radius 2 is 2.26 bits per heavy atom. The van der Waals surface area contributed by atoms with E-state index >= 15 is 0 Å². The van der Waals surface area contributed by atoms with Crippen LogP contribution in [0, 0.1) is 0 Å². The number of para-hydroxylation sites is 1. The van der Waals surface area contributed by atoms with Crippen LogP contribution in [-0.2, 0) is 11.3 Å². The molecule has 2 heterocycles. The van der Waals surface area contributed by atoms with E-state index in [1.54, 1.807) is 6.20 Å². The number of aromatic amines is 1. The number of nitrogens with one attached hydrogen (secondary N) is 2. The molecule has 7 heteroatoms. The van der Waals surface area contributed by atoms with Gasteiger partial charge in [-0.15, -0.1) is 5.10 Å². The van der Waals surface area contributed by atoms with Gasteiger partial charge in [-0.3, -0.25) is 4.79 Å². The predicted molar refractivity (Wildman–Crippen MR) is 71.4 cm³/mol. The number of hydrogen-bond donors (Lipinski definition) is 3. The quantitative estimate of drug-likeness (QED) is 0.650. The molecule has 0 atom stereocenters. The minimum atomic E-state index is -0.186. The molecule has 0 spiro atoms. The van der Waals surface area contributed by atoms with E-state index in [1.165, 1.54) is 10.9 Å². The molecule has 96 valence electrons. The lowest BCUT2D eigenvalue weighted by atomic mass is 10.2. The van der Waals surface area contributed by atoms with Gasteiger partial charge in [-0.25, -0.2) is 4.68 Å². The van der Waals surface area contributed by atoms with Gasteiger partial charge in [-0.05, 0) is 6.07 Å². The van der Waals surface area contributed by atoms with Gasteiger partial charge in [0.05, 0.1) is 11.9 Å². The Balaban J connectivity index is 1.76. The number of anilines is 2. The Hall–Kier alpha value is -2.83. The zero-order valence-electron chi connectivity index (χ0n) is 10.00. The topological polar surface area (TPSA) is 102 Å². The van der Waals surface area contributed by atoms with Crippen LogP contribution in [0.2, 0.25) is 0 Å². The molecule has 0 bridgehead atoms. The highest BCUT2D eigenvalue weighted by Crippen LogP contribution is 2.22. The number of nitrogens with two attached hydrogens (primary N) is 1. The van der Waals surface area contributed by atoms with Crippen LogP contribution in [0.4, 0.5) is 11.5 Å². The second-order valence-electron chi connectivity index (χ2n) is 4.14. The molecular formula is C12H12N6O. The largest absolute Gasteiger partial charge is 0.381 e. The van der Waals surface area contributed by atoms with Gasteiger partial charge in [-0.1, -0.05) is 23.4 Å². The van der Waals surface area contributed by atoms with E-state index in [9.17, 15) is 4.79 Å². The molecule has 3 rings (SSSR count). The fourth-order valence-corrected chi connectivity index (χ4v) is 1.90. The van der Waals surface area contributed by atoms with Crippen LogP contribution < -0.4 is 11.1 Å². The first-order valence-corrected chi connectivity index (χ1v) is 5.74. The van der Waals surface area contributed by atoms with E-state index in [0.29, 0.717) is 5.82 Å². The Morgan fingerprint density at radius 1 is 1.42 bits per heavy atom. The highest BCUT2D eigenvalue weighted by atomic mass is 16.2. The third-order valence-corrected chi connectivity index (χ3v) is 2.73. The van der Waals surface area contributed by atoms with Gasteiger partial charge in [0.1, 0.15) is 6.54 Å². The van der Waals surface area contributed by atoms with Gasteiger partial charge in [-0.2, -0.15) is 0 Å². The summed E-state index contributed by atoms with van der Waals surface area (Å²) in [5, 5.41) is 11.1. The van der Waals surface area contributed by atoms with Crippen molar-refractivity contribution in [2.45, 2.75) is 6.54 Å². The highest BCUT2D eigenvalue weighted by Gasteiger charge is 2.08. The molecule has 0 aliphatic rings. The Kier molecular flexibility index (Phi) is 2.64. The molecule has 0 saturated carbocycles. The molecule has 0 fully saturated rings. The number of rotatable bonds is 3. The fraction of sp³-hybridized carbons (Fsp3) is 0.0833. The van der Waals surface area contributed by atoms with E-state index in [2.05, 4.69) is 20.6 Å². The van der Waals surface area contributed by atoms with Gasteiger partial charge in [0, 0.05) is 17.1 Å². The van der Waals surface area contributed by atoms with Gasteiger partial charge >= 0.3 is 0 Å². The molecule has 0 aliphatic carbocycles. The van der Waals surface area contributed by atoms with Crippen LogP contribution >= 0.6 is 0 Å². The number of nitrogen functional groups attached to an aromatic ring is 1. The summed E-state index contributed by atoms with van der Waals surface area (Å²) in [6.07, 6.45) is 3.27. The Labute approximate surface area is 108 Å². The number of aromatic nitrogens is 4. The van der Waals surface area contributed by atoms with Crippen molar-refractivity contribution in [1.82, 2.24) is 20.0 Å². The maximum Gasteiger partial charge on any atom is 0.246 e. The Morgan fingerprint density at radius 3 is 3.05 bits per heavy atom. The monoisotopic (exact) mass is 256 g/mol. The predicted octanol–water partition coefficient (Wildman–Crippen LogP) is 0.980. The molecule has 0 unspecified atom stereocenters. The van der Waals surface area contributed by atoms with Gasteiger partial charge in [0.15, 0.2) is 5.82 Å². The van der Waals surface area contributed by atoms with Crippen LogP contribution in [0.25, 0.3) is 10.9 Å². The highest BCUT2D eigenvalue weighted by molar-refractivity contribution is 6.01. The fourth-order valence-electron chi connectivity index (χ4n) is 1.90. The van der Waals surface area contributed by atoms with Crippen molar-refractivity contribution in [2.24, 2.45) is 0 Å². The molecule has 7 nitrogen and oxygen atoms in total. The lowest BCUT2D eigenvalue weighted by Gasteiger charge is -2.03. The number of H-pyrrole nitrogens is 1. The van der Waals surface area contributed by atoms with E-state index in [0.717, 1.165) is 16.6 Å². The molecule has 3 aromatic rings. The van der Waals surface area contributed by atoms with Crippen LogP contribution in [0.3, 0.4) is 0 Å². The maximum absolute atomic E-state index is 11.9. The van der Waals surface area contributed by atoms with Gasteiger partial charge in [0.25, 0.3) is 0 Å². The van der Waals surface area contributed by atoms with Crippen LogP contribution in [0.15, 0.2) is 36.7 Å². The average molecular weight is 256 g/mol. The number of benzene rings is 1. The molecule has 1 aromatic carbocycles. The Bertz CT molecular complexity index is 728. The molecule has 0 radical (unpaired) electrons. The van der Waals surface area contributed by atoms with E-state index in [-0.39, 0.29) is 12.5 Å². The zero-order chi connectivity index (χ0) is 13.2. The van der Waals surface area contributed by atoms with E-state index in [1.807, 2.05) is 24.3 Å².